The van der Waals surface area contributed by atoms with Gasteiger partial charge in [-0.15, -0.1) is 0 Å². The highest BCUT2D eigenvalue weighted by Gasteiger charge is 2.49. The van der Waals surface area contributed by atoms with Gasteiger partial charge in [0, 0.05) is 18.4 Å². The topological polar surface area (TPSA) is 93.8 Å². The number of nitrogens with zero attached hydrogens (tertiary/aromatic N) is 3. The van der Waals surface area contributed by atoms with Gasteiger partial charge in [0.25, 0.3) is 0 Å². The molecule has 2 bridgehead atoms. The van der Waals surface area contributed by atoms with Gasteiger partial charge >= 0.3 is 11.7 Å². The zero-order chi connectivity index (χ0) is 21.0. The molecule has 2 aromatic carbocycles. The fourth-order valence-electron chi connectivity index (χ4n) is 4.80. The number of hydrogen-bond acceptors (Lipinski definition) is 5. The van der Waals surface area contributed by atoms with E-state index in [1.165, 1.54) is 11.7 Å². The van der Waals surface area contributed by atoms with E-state index < -0.39 is 5.97 Å². The molecule has 1 saturated heterocycles. The van der Waals surface area contributed by atoms with Crippen molar-refractivity contribution in [3.8, 4) is 11.6 Å². The largest absolute Gasteiger partial charge is 0.493 e. The molecular formula is C22H21N3O5. The molecule has 8 heteroatoms. The summed E-state index contributed by atoms with van der Waals surface area (Å²) in [5.41, 5.74) is 0.782. The Morgan fingerprint density at radius 3 is 2.70 bits per heavy atom. The van der Waals surface area contributed by atoms with Crippen molar-refractivity contribution in [2.45, 2.75) is 31.3 Å². The molecular weight excluding hydrogens is 386 g/mol. The van der Waals surface area contributed by atoms with Crippen LogP contribution in [0.5, 0.6) is 5.88 Å². The van der Waals surface area contributed by atoms with Gasteiger partial charge in [-0.3, -0.25) is 14.2 Å². The number of likely N-dealkylation sites (tertiary alicyclic amines) is 1. The number of hydrogen-bond donors (Lipinski definition) is 1. The second-order valence-corrected chi connectivity index (χ2v) is 7.72. The number of amides is 1. The number of esters is 1. The number of carbonyl (C=O) groups excluding carboxylic acids is 2. The molecule has 0 radical (unpaired) electrons. The lowest BCUT2D eigenvalue weighted by Crippen LogP contribution is -2.38. The van der Waals surface area contributed by atoms with E-state index in [0.717, 1.165) is 10.8 Å². The van der Waals surface area contributed by atoms with Gasteiger partial charge < -0.3 is 14.7 Å². The molecule has 154 valence electrons. The number of aromatic nitrogens is 2. The number of methoxy groups -OCH3 is 1. The van der Waals surface area contributed by atoms with Gasteiger partial charge in [0.05, 0.1) is 31.3 Å². The molecule has 5 rings (SSSR count). The Morgan fingerprint density at radius 1 is 1.13 bits per heavy atom. The van der Waals surface area contributed by atoms with E-state index in [1.54, 1.807) is 15.5 Å². The molecule has 1 amide bonds. The van der Waals surface area contributed by atoms with Crippen LogP contribution in [0, 0.1) is 0 Å². The minimum Gasteiger partial charge on any atom is -0.493 e. The molecule has 3 heterocycles. The first kappa shape index (κ1) is 18.5. The Balaban J connectivity index is 1.54. The van der Waals surface area contributed by atoms with E-state index in [1.807, 2.05) is 36.4 Å². The SMILES string of the molecule is COC(=O)CCC(=O)N1CC2CC1c1c(O)n(-c3cccc4ccccc34)c(=O)n12. The fraction of sp³-hybridized carbons (Fsp3) is 0.318. The van der Waals surface area contributed by atoms with Crippen molar-refractivity contribution in [3.63, 3.8) is 0 Å². The first-order valence-corrected chi connectivity index (χ1v) is 9.91. The van der Waals surface area contributed by atoms with E-state index in [2.05, 4.69) is 4.74 Å². The standard InChI is InChI=1S/C22H21N3O5/c1-30-19(27)10-9-18(26)23-12-14-11-17(23)20-21(28)25(22(29)24(14)20)16-8-4-6-13-5-2-3-7-15(13)16/h2-8,14,17,28H,9-12H2,1H3. The smallest absolute Gasteiger partial charge is 0.336 e. The van der Waals surface area contributed by atoms with Crippen molar-refractivity contribution in [1.29, 1.82) is 0 Å². The van der Waals surface area contributed by atoms with E-state index in [-0.39, 0.29) is 42.4 Å². The number of fused-ring (bicyclic) bond motifs is 6. The van der Waals surface area contributed by atoms with Crippen molar-refractivity contribution in [1.82, 2.24) is 14.0 Å². The van der Waals surface area contributed by atoms with Gasteiger partial charge in [-0.25, -0.2) is 9.36 Å². The number of ether oxygens (including phenoxy) is 1. The lowest BCUT2D eigenvalue weighted by Gasteiger charge is -2.27. The summed E-state index contributed by atoms with van der Waals surface area (Å²) in [6, 6.07) is 12.7. The maximum absolute atomic E-state index is 13.2. The highest BCUT2D eigenvalue weighted by molar-refractivity contribution is 5.90. The number of benzene rings is 2. The third-order valence-electron chi connectivity index (χ3n) is 6.16. The van der Waals surface area contributed by atoms with E-state index in [9.17, 15) is 19.5 Å². The quantitative estimate of drug-likeness (QED) is 0.670. The molecule has 8 nitrogen and oxygen atoms in total. The molecule has 0 aliphatic carbocycles. The minimum atomic E-state index is -0.436. The van der Waals surface area contributed by atoms with Gasteiger partial charge in [-0.2, -0.15) is 0 Å². The molecule has 3 aromatic rings. The van der Waals surface area contributed by atoms with Crippen LogP contribution in [-0.2, 0) is 14.3 Å². The second kappa shape index (κ2) is 6.76. The summed E-state index contributed by atoms with van der Waals surface area (Å²) in [7, 11) is 1.29. The first-order valence-electron chi connectivity index (χ1n) is 9.91. The Labute approximate surface area is 171 Å². The fourth-order valence-corrected chi connectivity index (χ4v) is 4.80. The molecule has 1 fully saturated rings. The molecule has 1 aromatic heterocycles. The summed E-state index contributed by atoms with van der Waals surface area (Å²) in [5, 5.41) is 12.9. The van der Waals surface area contributed by atoms with Crippen LogP contribution in [0.25, 0.3) is 16.5 Å². The third-order valence-corrected chi connectivity index (χ3v) is 6.16. The van der Waals surface area contributed by atoms with Crippen molar-refractivity contribution in [3.05, 3.63) is 58.6 Å². The number of imidazole rings is 1. The number of rotatable bonds is 4. The maximum Gasteiger partial charge on any atom is 0.336 e. The monoisotopic (exact) mass is 407 g/mol. The normalized spacial score (nSPS) is 19.3. The van der Waals surface area contributed by atoms with Crippen LogP contribution in [0.2, 0.25) is 0 Å². The van der Waals surface area contributed by atoms with Crippen LogP contribution < -0.4 is 5.69 Å². The number of aromatic hydroxyl groups is 1. The lowest BCUT2D eigenvalue weighted by molar-refractivity contribution is -0.144. The highest BCUT2D eigenvalue weighted by atomic mass is 16.5. The second-order valence-electron chi connectivity index (χ2n) is 7.72. The molecule has 2 aliphatic heterocycles. The van der Waals surface area contributed by atoms with Crippen LogP contribution >= 0.6 is 0 Å². The predicted octanol–water partition coefficient (Wildman–Crippen LogP) is 2.28. The first-order chi connectivity index (χ1) is 14.5. The van der Waals surface area contributed by atoms with Gasteiger partial charge in [-0.05, 0) is 17.9 Å². The van der Waals surface area contributed by atoms with Gasteiger partial charge in [0.1, 0.15) is 5.69 Å². The number of carbonyl (C=O) groups is 2. The van der Waals surface area contributed by atoms with E-state index >= 15 is 0 Å². The highest BCUT2D eigenvalue weighted by Crippen LogP contribution is 2.49. The summed E-state index contributed by atoms with van der Waals surface area (Å²) >= 11 is 0. The maximum atomic E-state index is 13.2. The Morgan fingerprint density at radius 2 is 1.90 bits per heavy atom. The zero-order valence-corrected chi connectivity index (χ0v) is 16.4. The summed E-state index contributed by atoms with van der Waals surface area (Å²) in [4.78, 5) is 38.9. The average molecular weight is 407 g/mol. The Hall–Kier alpha value is -3.55. The van der Waals surface area contributed by atoms with Crippen LogP contribution in [0.3, 0.4) is 0 Å². The Kier molecular flexibility index (Phi) is 4.16. The molecule has 1 N–H and O–H groups in total. The summed E-state index contributed by atoms with van der Waals surface area (Å²) < 4.78 is 7.55. The van der Waals surface area contributed by atoms with Crippen molar-refractivity contribution in [2.75, 3.05) is 13.7 Å². The van der Waals surface area contributed by atoms with Crippen LogP contribution in [0.1, 0.15) is 37.0 Å². The lowest BCUT2D eigenvalue weighted by atomic mass is 10.1. The minimum absolute atomic E-state index is 0.0129. The molecule has 2 unspecified atom stereocenters. The van der Waals surface area contributed by atoms with Crippen LogP contribution in [0.15, 0.2) is 47.3 Å². The average Bonchev–Trinajstić information content (AvgIpc) is 3.43. The van der Waals surface area contributed by atoms with Crippen LogP contribution in [0.4, 0.5) is 0 Å². The summed E-state index contributed by atoms with van der Waals surface area (Å²) in [5.74, 6) is -0.743. The van der Waals surface area contributed by atoms with Crippen molar-refractivity contribution < 1.29 is 19.4 Å². The van der Waals surface area contributed by atoms with Gasteiger partial charge in [-0.1, -0.05) is 36.4 Å². The zero-order valence-electron chi connectivity index (χ0n) is 16.4. The van der Waals surface area contributed by atoms with Crippen molar-refractivity contribution >= 4 is 22.6 Å². The van der Waals surface area contributed by atoms with E-state index in [0.29, 0.717) is 24.3 Å². The summed E-state index contributed by atoms with van der Waals surface area (Å²) in [6.07, 6.45) is 0.655. The Bertz CT molecular complexity index is 1240. The third kappa shape index (κ3) is 2.56. The van der Waals surface area contributed by atoms with E-state index in [4.69, 9.17) is 0 Å². The van der Waals surface area contributed by atoms with Gasteiger partial charge in [0.2, 0.25) is 11.8 Å². The summed E-state index contributed by atoms with van der Waals surface area (Å²) in [6.45, 7) is 0.399. The molecule has 2 aliphatic rings. The molecule has 0 saturated carbocycles. The predicted molar refractivity (Wildman–Crippen MR) is 109 cm³/mol. The molecule has 30 heavy (non-hydrogen) atoms. The van der Waals surface area contributed by atoms with Gasteiger partial charge in [0.15, 0.2) is 0 Å². The van der Waals surface area contributed by atoms with Crippen LogP contribution in [-0.4, -0.2) is 44.7 Å². The van der Waals surface area contributed by atoms with Crippen molar-refractivity contribution in [2.24, 2.45) is 0 Å². The molecule has 0 spiro atoms. The molecule has 2 atom stereocenters.